The highest BCUT2D eigenvalue weighted by Crippen LogP contribution is 2.37. The number of amides is 2. The van der Waals surface area contributed by atoms with Gasteiger partial charge in [-0.2, -0.15) is 0 Å². The fraction of sp³-hybridized carbons (Fsp3) is 0.393. The van der Waals surface area contributed by atoms with E-state index in [1.54, 1.807) is 28.0 Å². The van der Waals surface area contributed by atoms with E-state index in [0.29, 0.717) is 37.0 Å². The van der Waals surface area contributed by atoms with E-state index in [0.717, 1.165) is 42.2 Å². The van der Waals surface area contributed by atoms with Crippen LogP contribution < -0.4 is 9.64 Å². The minimum Gasteiger partial charge on any atom is -0.454 e. The Labute approximate surface area is 210 Å². The molecule has 2 aliphatic heterocycles. The largest absolute Gasteiger partial charge is 0.454 e. The Morgan fingerprint density at radius 3 is 2.78 bits per heavy atom. The van der Waals surface area contributed by atoms with Gasteiger partial charge in [0, 0.05) is 12.5 Å². The fourth-order valence-electron chi connectivity index (χ4n) is 5.51. The number of nitrogens with zero attached hydrogens (tertiary/aromatic N) is 4. The molecular weight excluding hydrogens is 457 g/mol. The number of aliphatic imine (C=N–C) groups is 1. The number of aromatic nitrogens is 2. The molecule has 2 amide bonds. The third-order valence-electron chi connectivity index (χ3n) is 7.22. The minimum atomic E-state index is -0.399. The molecule has 6 rings (SSSR count). The molecule has 3 aliphatic rings. The molecule has 3 aromatic rings. The van der Waals surface area contributed by atoms with Crippen LogP contribution >= 0.6 is 0 Å². The number of H-pyrrole nitrogens is 1. The van der Waals surface area contributed by atoms with E-state index in [1.807, 2.05) is 24.3 Å². The van der Waals surface area contributed by atoms with Gasteiger partial charge in [-0.25, -0.2) is 14.2 Å². The Morgan fingerprint density at radius 1 is 1.14 bits per heavy atom. The third kappa shape index (κ3) is 4.14. The molecule has 0 radical (unpaired) electrons. The number of nitrogens with one attached hydrogen (secondary N) is 1. The van der Waals surface area contributed by atoms with E-state index in [2.05, 4.69) is 11.9 Å². The number of halogens is 1. The highest BCUT2D eigenvalue weighted by molar-refractivity contribution is 6.18. The number of anilines is 1. The van der Waals surface area contributed by atoms with Crippen molar-refractivity contribution < 1.29 is 13.9 Å². The standard InChI is InChI=1S/C28H30FN5O2/c1-2-14-33-27-24(31-25(32-27)19-9-3-4-10-19)26-30-20(17-34(26)28(33)35)15-18-8-7-11-21(16-18)36-23-13-6-5-12-22(23)29/h5-8,11-13,16,19-20H,2-4,9-10,14-15,17H2,1H3,(H,31,32). The summed E-state index contributed by atoms with van der Waals surface area (Å²) in [5.74, 6) is 3.20. The predicted molar refractivity (Wildman–Crippen MR) is 136 cm³/mol. The molecule has 1 N–H and O–H groups in total. The quantitative estimate of drug-likeness (QED) is 0.443. The van der Waals surface area contributed by atoms with Gasteiger partial charge in [0.1, 0.15) is 17.3 Å². The molecule has 7 nitrogen and oxygen atoms in total. The topological polar surface area (TPSA) is 73.8 Å². The Hall–Kier alpha value is -3.68. The monoisotopic (exact) mass is 487 g/mol. The lowest BCUT2D eigenvalue weighted by atomic mass is 10.1. The first kappa shape index (κ1) is 22.8. The number of rotatable bonds is 7. The van der Waals surface area contributed by atoms with Crippen LogP contribution in [-0.2, 0) is 6.42 Å². The second-order valence-electron chi connectivity index (χ2n) is 9.84. The van der Waals surface area contributed by atoms with Gasteiger partial charge in [0.05, 0.1) is 12.6 Å². The maximum Gasteiger partial charge on any atom is 0.331 e. The number of hydrogen-bond donors (Lipinski definition) is 1. The second kappa shape index (κ2) is 9.41. The van der Waals surface area contributed by atoms with E-state index in [1.165, 1.54) is 18.9 Å². The molecule has 1 aliphatic carbocycles. The normalized spacial score (nSPS) is 19.4. The molecule has 8 heteroatoms. The molecule has 1 fully saturated rings. The zero-order valence-electron chi connectivity index (χ0n) is 20.4. The van der Waals surface area contributed by atoms with Crippen molar-refractivity contribution in [3.05, 3.63) is 71.4 Å². The van der Waals surface area contributed by atoms with Crippen molar-refractivity contribution in [1.29, 1.82) is 0 Å². The van der Waals surface area contributed by atoms with Crippen LogP contribution in [0.5, 0.6) is 11.5 Å². The number of ether oxygens (including phenoxy) is 1. The van der Waals surface area contributed by atoms with E-state index in [9.17, 15) is 9.18 Å². The van der Waals surface area contributed by atoms with Gasteiger partial charge in [-0.1, -0.05) is 44.0 Å². The Bertz CT molecular complexity index is 1310. The average Bonchev–Trinajstić information content (AvgIpc) is 3.63. The van der Waals surface area contributed by atoms with Gasteiger partial charge in [0.25, 0.3) is 0 Å². The van der Waals surface area contributed by atoms with Crippen molar-refractivity contribution in [2.45, 2.75) is 57.4 Å². The van der Waals surface area contributed by atoms with Crippen molar-refractivity contribution in [1.82, 2.24) is 14.9 Å². The molecule has 0 saturated heterocycles. The summed E-state index contributed by atoms with van der Waals surface area (Å²) in [6.07, 6.45) is 6.23. The van der Waals surface area contributed by atoms with Crippen LogP contribution in [0.4, 0.5) is 15.0 Å². The highest BCUT2D eigenvalue weighted by Gasteiger charge is 2.42. The first-order chi connectivity index (χ1) is 17.6. The summed E-state index contributed by atoms with van der Waals surface area (Å²) in [6, 6.07) is 13.9. The molecule has 1 saturated carbocycles. The van der Waals surface area contributed by atoms with Crippen LogP contribution in [0.2, 0.25) is 0 Å². The van der Waals surface area contributed by atoms with Crippen LogP contribution in [0.3, 0.4) is 0 Å². The third-order valence-corrected chi connectivity index (χ3v) is 7.22. The summed E-state index contributed by atoms with van der Waals surface area (Å²) < 4.78 is 19.8. The average molecular weight is 488 g/mol. The number of aromatic amines is 1. The van der Waals surface area contributed by atoms with Crippen molar-refractivity contribution in [2.24, 2.45) is 4.99 Å². The zero-order valence-corrected chi connectivity index (χ0v) is 20.4. The van der Waals surface area contributed by atoms with Gasteiger partial charge < -0.3 is 9.72 Å². The summed E-state index contributed by atoms with van der Waals surface area (Å²) in [5, 5.41) is 0. The van der Waals surface area contributed by atoms with Crippen LogP contribution in [0.25, 0.3) is 0 Å². The van der Waals surface area contributed by atoms with Crippen molar-refractivity contribution in [3.8, 4) is 11.5 Å². The fourth-order valence-corrected chi connectivity index (χ4v) is 5.51. The molecule has 186 valence electrons. The van der Waals surface area contributed by atoms with E-state index >= 15 is 0 Å². The minimum absolute atomic E-state index is 0.0493. The predicted octanol–water partition coefficient (Wildman–Crippen LogP) is 6.02. The number of benzene rings is 2. The number of carbonyl (C=O) groups is 1. The van der Waals surface area contributed by atoms with Crippen LogP contribution in [0, 0.1) is 5.82 Å². The first-order valence-electron chi connectivity index (χ1n) is 12.9. The molecule has 1 atom stereocenters. The van der Waals surface area contributed by atoms with Crippen LogP contribution in [0.15, 0.2) is 53.5 Å². The zero-order chi connectivity index (χ0) is 24.6. The van der Waals surface area contributed by atoms with Gasteiger partial charge in [-0.05, 0) is 55.5 Å². The van der Waals surface area contributed by atoms with Gasteiger partial charge >= 0.3 is 6.03 Å². The van der Waals surface area contributed by atoms with Crippen molar-refractivity contribution in [2.75, 3.05) is 18.0 Å². The molecule has 0 spiro atoms. The number of amidine groups is 1. The van der Waals surface area contributed by atoms with Gasteiger partial charge in [-0.15, -0.1) is 0 Å². The summed E-state index contributed by atoms with van der Waals surface area (Å²) in [4.78, 5) is 30.5. The smallest absolute Gasteiger partial charge is 0.331 e. The van der Waals surface area contributed by atoms with Crippen LogP contribution in [0.1, 0.15) is 62.0 Å². The van der Waals surface area contributed by atoms with Gasteiger partial charge in [-0.3, -0.25) is 14.8 Å². The van der Waals surface area contributed by atoms with E-state index in [4.69, 9.17) is 14.7 Å². The highest BCUT2D eigenvalue weighted by atomic mass is 19.1. The summed E-state index contributed by atoms with van der Waals surface area (Å²) in [6.45, 7) is 3.22. The Kier molecular flexibility index (Phi) is 5.95. The molecule has 3 heterocycles. The SMILES string of the molecule is CCCN1C(=O)N2CC(Cc3cccc(Oc4ccccc4F)c3)N=C2c2[nH]c(C3CCCC3)nc21. The van der Waals surface area contributed by atoms with E-state index in [-0.39, 0.29) is 17.8 Å². The molecule has 1 aromatic heterocycles. The van der Waals surface area contributed by atoms with Gasteiger partial charge in [0.15, 0.2) is 23.2 Å². The lowest BCUT2D eigenvalue weighted by Gasteiger charge is -2.32. The van der Waals surface area contributed by atoms with Crippen molar-refractivity contribution >= 4 is 17.7 Å². The summed E-state index contributed by atoms with van der Waals surface area (Å²) in [7, 11) is 0. The number of hydrogen-bond acceptors (Lipinski definition) is 4. The van der Waals surface area contributed by atoms with Crippen molar-refractivity contribution in [3.63, 3.8) is 0 Å². The number of para-hydroxylation sites is 1. The van der Waals surface area contributed by atoms with E-state index < -0.39 is 5.82 Å². The second-order valence-corrected chi connectivity index (χ2v) is 9.84. The Balaban J connectivity index is 1.25. The molecule has 2 aromatic carbocycles. The molecule has 1 unspecified atom stereocenters. The maximum atomic E-state index is 14.0. The van der Waals surface area contributed by atoms with Gasteiger partial charge in [0.2, 0.25) is 0 Å². The summed E-state index contributed by atoms with van der Waals surface area (Å²) in [5.41, 5.74) is 1.89. The lowest BCUT2D eigenvalue weighted by molar-refractivity contribution is 0.226. The summed E-state index contributed by atoms with van der Waals surface area (Å²) >= 11 is 0. The lowest BCUT2D eigenvalue weighted by Crippen LogP contribution is -2.50. The molecular formula is C28H30FN5O2. The number of fused-ring (bicyclic) bond motifs is 3. The molecule has 36 heavy (non-hydrogen) atoms. The number of urea groups is 1. The Morgan fingerprint density at radius 2 is 1.97 bits per heavy atom. The number of carbonyl (C=O) groups excluding carboxylic acids is 1. The first-order valence-corrected chi connectivity index (χ1v) is 12.9. The maximum absolute atomic E-state index is 14.0. The number of imidazole rings is 1. The van der Waals surface area contributed by atoms with Crippen LogP contribution in [-0.4, -0.2) is 45.9 Å². The molecule has 0 bridgehead atoms.